The van der Waals surface area contributed by atoms with Crippen molar-refractivity contribution in [1.82, 2.24) is 19.5 Å². The fourth-order valence-electron chi connectivity index (χ4n) is 8.32. The van der Waals surface area contributed by atoms with Crippen molar-refractivity contribution >= 4 is 54.1 Å². The zero-order valence-electron chi connectivity index (χ0n) is 29.8. The maximum absolute atomic E-state index is 5.17. The smallest absolute Gasteiger partial charge is 0.160 e. The quantitative estimate of drug-likeness (QED) is 0.168. The Labute approximate surface area is 317 Å². The molecule has 0 saturated heterocycles. The molecule has 0 aliphatic heterocycles. The summed E-state index contributed by atoms with van der Waals surface area (Å²) in [5.74, 6) is 0.686. The Bertz CT molecular complexity index is 3220. The molecule has 0 amide bonds. The number of hydrogen-bond donors (Lipinski definition) is 0. The van der Waals surface area contributed by atoms with Gasteiger partial charge in [-0.2, -0.15) is 0 Å². The summed E-state index contributed by atoms with van der Waals surface area (Å²) in [6, 6.07) is 64.7. The molecular formula is C51H32N4. The molecule has 256 valence electrons. The molecule has 3 aromatic heterocycles. The van der Waals surface area contributed by atoms with Crippen molar-refractivity contribution in [2.75, 3.05) is 0 Å². The van der Waals surface area contributed by atoms with Gasteiger partial charge < -0.3 is 4.57 Å². The van der Waals surface area contributed by atoms with Crippen LogP contribution in [0.5, 0.6) is 0 Å². The van der Waals surface area contributed by atoms with Gasteiger partial charge in [0.2, 0.25) is 0 Å². The van der Waals surface area contributed by atoms with E-state index in [2.05, 4.69) is 179 Å². The first-order chi connectivity index (χ1) is 27.3. The lowest BCUT2D eigenvalue weighted by molar-refractivity contribution is 1.17. The summed E-state index contributed by atoms with van der Waals surface area (Å²) in [5.41, 5.74) is 10.5. The van der Waals surface area contributed by atoms with Gasteiger partial charge in [0.1, 0.15) is 0 Å². The molecule has 0 unspecified atom stereocenters. The van der Waals surface area contributed by atoms with Crippen LogP contribution in [0.1, 0.15) is 0 Å². The van der Waals surface area contributed by atoms with E-state index in [-0.39, 0.29) is 0 Å². The number of rotatable bonds is 5. The van der Waals surface area contributed by atoms with Crippen molar-refractivity contribution in [1.29, 1.82) is 0 Å². The van der Waals surface area contributed by atoms with Gasteiger partial charge in [-0.1, -0.05) is 152 Å². The van der Waals surface area contributed by atoms with E-state index in [0.717, 1.165) is 44.9 Å². The largest absolute Gasteiger partial charge is 0.309 e. The van der Waals surface area contributed by atoms with Gasteiger partial charge in [0.15, 0.2) is 5.82 Å². The topological polar surface area (TPSA) is 43.6 Å². The monoisotopic (exact) mass is 700 g/mol. The number of benzene rings is 8. The van der Waals surface area contributed by atoms with E-state index < -0.39 is 0 Å². The fraction of sp³-hybridized carbons (Fsp3) is 0. The second-order valence-corrected chi connectivity index (χ2v) is 14.0. The highest BCUT2D eigenvalue weighted by atomic mass is 15.0. The summed E-state index contributed by atoms with van der Waals surface area (Å²) in [7, 11) is 0. The summed E-state index contributed by atoms with van der Waals surface area (Å²) in [5, 5.41) is 10.1. The van der Waals surface area contributed by atoms with Gasteiger partial charge in [-0.05, 0) is 68.4 Å². The third kappa shape index (κ3) is 5.11. The molecule has 0 fully saturated rings. The summed E-state index contributed by atoms with van der Waals surface area (Å²) < 4.78 is 2.45. The summed E-state index contributed by atoms with van der Waals surface area (Å²) >= 11 is 0. The zero-order chi connectivity index (χ0) is 36.3. The molecule has 8 aromatic carbocycles. The van der Waals surface area contributed by atoms with E-state index in [1.165, 1.54) is 54.1 Å². The van der Waals surface area contributed by atoms with Gasteiger partial charge in [-0.25, -0.2) is 9.97 Å². The third-order valence-corrected chi connectivity index (χ3v) is 10.9. The lowest BCUT2D eigenvalue weighted by Crippen LogP contribution is -1.97. The number of hydrogen-bond acceptors (Lipinski definition) is 3. The number of aromatic nitrogens is 4. The maximum Gasteiger partial charge on any atom is 0.160 e. The molecule has 4 heteroatoms. The summed E-state index contributed by atoms with van der Waals surface area (Å²) in [6.45, 7) is 0. The lowest BCUT2D eigenvalue weighted by Gasteiger charge is -2.14. The minimum atomic E-state index is 0.686. The first-order valence-corrected chi connectivity index (χ1v) is 18.6. The van der Waals surface area contributed by atoms with Crippen molar-refractivity contribution in [3.8, 4) is 50.7 Å². The highest BCUT2D eigenvalue weighted by Gasteiger charge is 2.20. The molecule has 11 rings (SSSR count). The maximum atomic E-state index is 5.17. The number of fused-ring (bicyclic) bond motifs is 10. The molecule has 11 aromatic rings. The van der Waals surface area contributed by atoms with Gasteiger partial charge in [0, 0.05) is 50.9 Å². The molecule has 0 N–H and O–H groups in total. The first kappa shape index (κ1) is 31.1. The van der Waals surface area contributed by atoms with Crippen LogP contribution in [0.15, 0.2) is 194 Å². The Morgan fingerprint density at radius 3 is 1.73 bits per heavy atom. The molecule has 0 saturated carbocycles. The van der Waals surface area contributed by atoms with Crippen molar-refractivity contribution in [3.05, 3.63) is 194 Å². The second kappa shape index (κ2) is 12.6. The Hall–Kier alpha value is -7.43. The minimum Gasteiger partial charge on any atom is -0.309 e. The van der Waals surface area contributed by atoms with Crippen LogP contribution in [0.25, 0.3) is 105 Å². The van der Waals surface area contributed by atoms with E-state index >= 15 is 0 Å². The van der Waals surface area contributed by atoms with Crippen LogP contribution < -0.4 is 0 Å². The molecule has 0 radical (unpaired) electrons. The fourth-order valence-corrected chi connectivity index (χ4v) is 8.32. The van der Waals surface area contributed by atoms with Crippen LogP contribution in [0.3, 0.4) is 0 Å². The van der Waals surface area contributed by atoms with Crippen molar-refractivity contribution < 1.29 is 0 Å². The highest BCUT2D eigenvalue weighted by Crippen LogP contribution is 2.44. The number of para-hydroxylation sites is 1. The molecule has 4 nitrogen and oxygen atoms in total. The second-order valence-electron chi connectivity index (χ2n) is 14.0. The predicted molar refractivity (Wildman–Crippen MR) is 228 cm³/mol. The summed E-state index contributed by atoms with van der Waals surface area (Å²) in [6.07, 6.45) is 3.68. The number of nitrogens with zero attached hydrogens (tertiary/aromatic N) is 4. The van der Waals surface area contributed by atoms with Crippen LogP contribution in [-0.2, 0) is 0 Å². The minimum absolute atomic E-state index is 0.686. The van der Waals surface area contributed by atoms with E-state index in [0.29, 0.717) is 5.82 Å². The van der Waals surface area contributed by atoms with Crippen molar-refractivity contribution in [2.45, 2.75) is 0 Å². The van der Waals surface area contributed by atoms with Crippen LogP contribution in [0.2, 0.25) is 0 Å². The Morgan fingerprint density at radius 1 is 0.382 bits per heavy atom. The van der Waals surface area contributed by atoms with Gasteiger partial charge in [-0.3, -0.25) is 4.98 Å². The molecular weight excluding hydrogens is 669 g/mol. The van der Waals surface area contributed by atoms with Crippen LogP contribution in [0, 0.1) is 0 Å². The van der Waals surface area contributed by atoms with E-state index in [4.69, 9.17) is 9.97 Å². The van der Waals surface area contributed by atoms with E-state index in [1.807, 2.05) is 18.3 Å². The van der Waals surface area contributed by atoms with Gasteiger partial charge in [0.25, 0.3) is 0 Å². The van der Waals surface area contributed by atoms with Crippen molar-refractivity contribution in [3.63, 3.8) is 0 Å². The SMILES string of the molecule is c1ccc(-c2cc(-c3ccc(-n4c5ccccc5c5c6ccccc6c6c7ccccc7ccc6c54)cc3)nc(-c3ccc(-c4cccnc4)cc3)n2)cc1. The average Bonchev–Trinajstić information content (AvgIpc) is 3.62. The molecule has 0 aliphatic carbocycles. The average molecular weight is 701 g/mol. The van der Waals surface area contributed by atoms with Crippen LogP contribution >= 0.6 is 0 Å². The van der Waals surface area contributed by atoms with E-state index in [1.54, 1.807) is 6.20 Å². The van der Waals surface area contributed by atoms with Crippen LogP contribution in [-0.4, -0.2) is 19.5 Å². The normalized spacial score (nSPS) is 11.6. The Morgan fingerprint density at radius 2 is 0.982 bits per heavy atom. The zero-order valence-corrected chi connectivity index (χ0v) is 29.8. The molecule has 55 heavy (non-hydrogen) atoms. The summed E-state index contributed by atoms with van der Waals surface area (Å²) in [4.78, 5) is 14.5. The predicted octanol–water partition coefficient (Wildman–Crippen LogP) is 13.1. The lowest BCUT2D eigenvalue weighted by atomic mass is 9.93. The Balaban J connectivity index is 1.09. The molecule has 0 atom stereocenters. The van der Waals surface area contributed by atoms with Crippen molar-refractivity contribution in [2.24, 2.45) is 0 Å². The standard InChI is InChI=1S/C51H32N4/c1-2-12-35(13-3-1)45-31-46(54-51(53-45)37-22-20-33(21-23-37)38-14-10-30-52-32-38)36-24-27-39(28-25-36)55-47-19-9-8-18-43(47)49-42-17-7-6-16-41(42)48-40-15-5-4-11-34(40)26-29-44(48)50(49)55/h1-32H. The molecule has 0 aliphatic rings. The first-order valence-electron chi connectivity index (χ1n) is 18.6. The molecule has 3 heterocycles. The molecule has 0 bridgehead atoms. The van der Waals surface area contributed by atoms with Gasteiger partial charge >= 0.3 is 0 Å². The third-order valence-electron chi connectivity index (χ3n) is 10.9. The number of pyridine rings is 1. The van der Waals surface area contributed by atoms with Crippen LogP contribution in [0.4, 0.5) is 0 Å². The molecule has 0 spiro atoms. The van der Waals surface area contributed by atoms with Gasteiger partial charge in [-0.15, -0.1) is 0 Å². The van der Waals surface area contributed by atoms with Gasteiger partial charge in [0.05, 0.1) is 22.4 Å². The highest BCUT2D eigenvalue weighted by molar-refractivity contribution is 6.36. The van der Waals surface area contributed by atoms with E-state index in [9.17, 15) is 0 Å². The Kier molecular flexibility index (Phi) is 7.14.